The van der Waals surface area contributed by atoms with Crippen LogP contribution in [0.15, 0.2) is 51.5 Å². The molecule has 0 aliphatic heterocycles. The van der Waals surface area contributed by atoms with Crippen LogP contribution in [0, 0.1) is 13.8 Å². The van der Waals surface area contributed by atoms with Crippen molar-refractivity contribution in [1.82, 2.24) is 14.8 Å². The van der Waals surface area contributed by atoms with E-state index in [1.54, 1.807) is 12.3 Å². The number of para-hydroxylation sites is 1. The van der Waals surface area contributed by atoms with Gasteiger partial charge in [-0.1, -0.05) is 12.1 Å². The molecule has 1 N–H and O–H groups in total. The number of aromatic nitrogens is 3. The number of halogens is 1. The molecule has 148 valence electrons. The lowest BCUT2D eigenvalue weighted by Crippen LogP contribution is -2.13. The van der Waals surface area contributed by atoms with Gasteiger partial charge in [0, 0.05) is 16.1 Å². The minimum absolute atomic E-state index is 0.113. The molecular formula is C22H21BrN4O2. The summed E-state index contributed by atoms with van der Waals surface area (Å²) in [5.41, 5.74) is 3.46. The molecule has 1 amide bonds. The van der Waals surface area contributed by atoms with Gasteiger partial charge >= 0.3 is 0 Å². The second kappa shape index (κ2) is 7.48. The second-order valence-electron chi connectivity index (χ2n) is 7.24. The highest BCUT2D eigenvalue weighted by molar-refractivity contribution is 9.10. The first-order valence-electron chi connectivity index (χ1n) is 9.36. The molecule has 7 heteroatoms. The molecule has 0 atom stereocenters. The van der Waals surface area contributed by atoms with Crippen LogP contribution in [0.3, 0.4) is 0 Å². The number of carbonyl (C=O) groups is 1. The molecule has 0 aliphatic carbocycles. The maximum Gasteiger partial charge on any atom is 0.256 e. The number of anilines is 1. The molecule has 0 saturated heterocycles. The number of rotatable bonds is 4. The Labute approximate surface area is 177 Å². The summed E-state index contributed by atoms with van der Waals surface area (Å²) in [5, 5.41) is 8.16. The van der Waals surface area contributed by atoms with Crippen LogP contribution in [-0.4, -0.2) is 20.7 Å². The normalized spacial score (nSPS) is 11.4. The van der Waals surface area contributed by atoms with Gasteiger partial charge in [-0.25, -0.2) is 9.67 Å². The van der Waals surface area contributed by atoms with Gasteiger partial charge in [-0.3, -0.25) is 4.79 Å². The molecule has 0 aliphatic rings. The van der Waals surface area contributed by atoms with E-state index in [1.165, 1.54) is 0 Å². The van der Waals surface area contributed by atoms with Gasteiger partial charge in [0.2, 0.25) is 0 Å². The average molecular weight is 453 g/mol. The van der Waals surface area contributed by atoms with Crippen LogP contribution in [0.1, 0.15) is 41.8 Å². The topological polar surface area (TPSA) is 73.0 Å². The fraction of sp³-hybridized carbons (Fsp3) is 0.227. The van der Waals surface area contributed by atoms with Crippen LogP contribution >= 0.6 is 15.9 Å². The number of nitrogens with zero attached hydrogens (tertiary/aromatic N) is 3. The van der Waals surface area contributed by atoms with E-state index in [2.05, 4.69) is 26.3 Å². The fourth-order valence-corrected chi connectivity index (χ4v) is 3.74. The summed E-state index contributed by atoms with van der Waals surface area (Å²) in [4.78, 5) is 18.0. The second-order valence-corrected chi connectivity index (χ2v) is 8.09. The zero-order chi connectivity index (χ0) is 20.7. The predicted octanol–water partition coefficient (Wildman–Crippen LogP) is 5.90. The first kappa shape index (κ1) is 19.4. The number of aryl methyl sites for hydroxylation is 2. The van der Waals surface area contributed by atoms with Crippen LogP contribution in [-0.2, 0) is 0 Å². The maximum atomic E-state index is 13.2. The van der Waals surface area contributed by atoms with E-state index < -0.39 is 0 Å². The molecule has 0 bridgehead atoms. The smallest absolute Gasteiger partial charge is 0.256 e. The molecule has 0 radical (unpaired) electrons. The molecule has 29 heavy (non-hydrogen) atoms. The lowest BCUT2D eigenvalue weighted by atomic mass is 10.1. The first-order valence-corrected chi connectivity index (χ1v) is 10.2. The van der Waals surface area contributed by atoms with Crippen molar-refractivity contribution >= 4 is 38.6 Å². The summed E-state index contributed by atoms with van der Waals surface area (Å²) in [6, 6.07) is 11.4. The third-order valence-electron chi connectivity index (χ3n) is 4.74. The zero-order valence-electron chi connectivity index (χ0n) is 16.7. The van der Waals surface area contributed by atoms with E-state index in [0.29, 0.717) is 28.0 Å². The van der Waals surface area contributed by atoms with Crippen molar-refractivity contribution < 1.29 is 9.21 Å². The number of pyridine rings is 1. The minimum Gasteiger partial charge on any atom is -0.466 e. The molecule has 0 fully saturated rings. The van der Waals surface area contributed by atoms with Crippen LogP contribution in [0.25, 0.3) is 22.3 Å². The summed E-state index contributed by atoms with van der Waals surface area (Å²) in [5.74, 6) is 1.35. The van der Waals surface area contributed by atoms with E-state index in [0.717, 1.165) is 21.6 Å². The molecule has 0 saturated carbocycles. The van der Waals surface area contributed by atoms with Gasteiger partial charge in [0.25, 0.3) is 5.91 Å². The van der Waals surface area contributed by atoms with Gasteiger partial charge in [0.05, 0.1) is 28.5 Å². The molecule has 0 spiro atoms. The van der Waals surface area contributed by atoms with Crippen LogP contribution in [0.2, 0.25) is 0 Å². The summed E-state index contributed by atoms with van der Waals surface area (Å²) < 4.78 is 8.33. The summed E-state index contributed by atoms with van der Waals surface area (Å²) in [6.45, 7) is 7.87. The Balaban J connectivity index is 1.89. The molecule has 0 unspecified atom stereocenters. The average Bonchev–Trinajstić information content (AvgIpc) is 3.25. The summed E-state index contributed by atoms with van der Waals surface area (Å²) in [6.07, 6.45) is 1.70. The monoisotopic (exact) mass is 452 g/mol. The quantitative estimate of drug-likeness (QED) is 0.417. The number of fused-ring (bicyclic) bond motifs is 1. The molecule has 1 aromatic carbocycles. The van der Waals surface area contributed by atoms with Crippen molar-refractivity contribution in [3.05, 3.63) is 64.2 Å². The Morgan fingerprint density at radius 1 is 1.21 bits per heavy atom. The van der Waals surface area contributed by atoms with Gasteiger partial charge in [0.1, 0.15) is 11.5 Å². The standard InChI is InChI=1S/C22H21BrN4O2/c1-12(2)27-21-17(11-24-27)16(22(28)26-19-8-6-5-7-18(19)23)10-20(25-21)15-9-13(3)29-14(15)4/h5-12H,1-4H3,(H,26,28). The van der Waals surface area contributed by atoms with Crippen molar-refractivity contribution in [2.45, 2.75) is 33.7 Å². The SMILES string of the molecule is Cc1cc(-c2cc(C(=O)Nc3ccccc3Br)c3cnn(C(C)C)c3n2)c(C)o1. The lowest BCUT2D eigenvalue weighted by molar-refractivity contribution is 0.102. The summed E-state index contributed by atoms with van der Waals surface area (Å²) in [7, 11) is 0. The van der Waals surface area contributed by atoms with Crippen LogP contribution in [0.5, 0.6) is 0 Å². The first-order chi connectivity index (χ1) is 13.8. The molecule has 6 nitrogen and oxygen atoms in total. The molecule has 3 heterocycles. The number of amides is 1. The molecule has 3 aromatic heterocycles. The van der Waals surface area contributed by atoms with E-state index in [9.17, 15) is 4.79 Å². The number of nitrogens with one attached hydrogen (secondary N) is 1. The maximum absolute atomic E-state index is 13.2. The highest BCUT2D eigenvalue weighted by atomic mass is 79.9. The van der Waals surface area contributed by atoms with Crippen molar-refractivity contribution in [3.63, 3.8) is 0 Å². The fourth-order valence-electron chi connectivity index (χ4n) is 3.36. The third-order valence-corrected chi connectivity index (χ3v) is 5.43. The van der Waals surface area contributed by atoms with Crippen LogP contribution < -0.4 is 5.32 Å². The number of furan rings is 1. The van der Waals surface area contributed by atoms with Gasteiger partial charge in [-0.2, -0.15) is 5.10 Å². The lowest BCUT2D eigenvalue weighted by Gasteiger charge is -2.11. The van der Waals surface area contributed by atoms with Crippen molar-refractivity contribution in [3.8, 4) is 11.3 Å². The zero-order valence-corrected chi connectivity index (χ0v) is 18.2. The van der Waals surface area contributed by atoms with E-state index >= 15 is 0 Å². The third kappa shape index (κ3) is 3.58. The Bertz CT molecular complexity index is 1220. The number of benzene rings is 1. The minimum atomic E-state index is -0.216. The highest BCUT2D eigenvalue weighted by Gasteiger charge is 2.20. The van der Waals surface area contributed by atoms with Crippen LogP contribution in [0.4, 0.5) is 5.69 Å². The highest BCUT2D eigenvalue weighted by Crippen LogP contribution is 2.31. The van der Waals surface area contributed by atoms with Gasteiger partial charge in [0.15, 0.2) is 5.65 Å². The number of hydrogen-bond donors (Lipinski definition) is 1. The number of carbonyl (C=O) groups excluding carboxylic acids is 1. The largest absolute Gasteiger partial charge is 0.466 e. The van der Waals surface area contributed by atoms with E-state index in [4.69, 9.17) is 9.40 Å². The van der Waals surface area contributed by atoms with Gasteiger partial charge in [-0.05, 0) is 67.9 Å². The van der Waals surface area contributed by atoms with Crippen molar-refractivity contribution in [1.29, 1.82) is 0 Å². The van der Waals surface area contributed by atoms with E-state index in [1.807, 2.05) is 62.7 Å². The van der Waals surface area contributed by atoms with Gasteiger partial charge < -0.3 is 9.73 Å². The van der Waals surface area contributed by atoms with Crippen molar-refractivity contribution in [2.75, 3.05) is 5.32 Å². The molecular weight excluding hydrogens is 432 g/mol. The van der Waals surface area contributed by atoms with Crippen molar-refractivity contribution in [2.24, 2.45) is 0 Å². The Hall–Kier alpha value is -2.93. The summed E-state index contributed by atoms with van der Waals surface area (Å²) >= 11 is 3.48. The Morgan fingerprint density at radius 3 is 2.62 bits per heavy atom. The molecule has 4 aromatic rings. The predicted molar refractivity (Wildman–Crippen MR) is 117 cm³/mol. The Kier molecular flexibility index (Phi) is 5.00. The Morgan fingerprint density at radius 2 is 1.97 bits per heavy atom. The molecule has 4 rings (SSSR count). The van der Waals surface area contributed by atoms with E-state index in [-0.39, 0.29) is 11.9 Å². The number of hydrogen-bond acceptors (Lipinski definition) is 4. The van der Waals surface area contributed by atoms with Gasteiger partial charge in [-0.15, -0.1) is 0 Å².